The molecule has 1 aromatic carbocycles. The summed E-state index contributed by atoms with van der Waals surface area (Å²) < 4.78 is 0. The first kappa shape index (κ1) is 13.7. The molecule has 2 aromatic rings. The second-order valence-corrected chi connectivity index (χ2v) is 4.95. The van der Waals surface area contributed by atoms with Crippen molar-refractivity contribution in [2.75, 3.05) is 6.54 Å². The van der Waals surface area contributed by atoms with Crippen LogP contribution in [0.15, 0.2) is 42.9 Å². The van der Waals surface area contributed by atoms with Gasteiger partial charge in [-0.15, -0.1) is 0 Å². The molecule has 0 fully saturated rings. The molecule has 2 rings (SSSR count). The minimum Gasteiger partial charge on any atom is -0.305 e. The monoisotopic (exact) mass is 255 g/mol. The van der Waals surface area contributed by atoms with Gasteiger partial charge in [0, 0.05) is 6.20 Å². The maximum atomic E-state index is 4.36. The van der Waals surface area contributed by atoms with E-state index in [2.05, 4.69) is 60.3 Å². The molecule has 3 heteroatoms. The Kier molecular flexibility index (Phi) is 4.63. The summed E-state index contributed by atoms with van der Waals surface area (Å²) in [6.45, 7) is 7.43. The van der Waals surface area contributed by atoms with E-state index in [1.165, 1.54) is 11.1 Å². The molecule has 1 aromatic heterocycles. The SMILES string of the molecule is CCNC(c1ccc(C(C)C)cc1)c1ccncn1. The van der Waals surface area contributed by atoms with Crippen LogP contribution in [0.3, 0.4) is 0 Å². The van der Waals surface area contributed by atoms with Crippen LogP contribution in [0.2, 0.25) is 0 Å². The van der Waals surface area contributed by atoms with Crippen LogP contribution in [0.4, 0.5) is 0 Å². The van der Waals surface area contributed by atoms with E-state index in [0.29, 0.717) is 5.92 Å². The quantitative estimate of drug-likeness (QED) is 0.890. The van der Waals surface area contributed by atoms with Gasteiger partial charge in [0.15, 0.2) is 0 Å². The molecular weight excluding hydrogens is 234 g/mol. The lowest BCUT2D eigenvalue weighted by Crippen LogP contribution is -2.23. The second-order valence-electron chi connectivity index (χ2n) is 4.95. The summed E-state index contributed by atoms with van der Waals surface area (Å²) in [6, 6.07) is 10.9. The van der Waals surface area contributed by atoms with E-state index in [0.717, 1.165) is 12.2 Å². The number of aromatic nitrogens is 2. The van der Waals surface area contributed by atoms with Gasteiger partial charge in [-0.05, 0) is 29.7 Å². The maximum absolute atomic E-state index is 4.36. The minimum atomic E-state index is 0.134. The Balaban J connectivity index is 2.29. The Morgan fingerprint density at radius 3 is 2.26 bits per heavy atom. The van der Waals surface area contributed by atoms with Crippen molar-refractivity contribution < 1.29 is 0 Å². The maximum Gasteiger partial charge on any atom is 0.115 e. The van der Waals surface area contributed by atoms with Gasteiger partial charge in [0.25, 0.3) is 0 Å². The third-order valence-corrected chi connectivity index (χ3v) is 3.25. The Bertz CT molecular complexity index is 491. The van der Waals surface area contributed by atoms with E-state index in [-0.39, 0.29) is 6.04 Å². The first-order valence-electron chi connectivity index (χ1n) is 6.81. The lowest BCUT2D eigenvalue weighted by Gasteiger charge is -2.18. The van der Waals surface area contributed by atoms with Gasteiger partial charge in [-0.2, -0.15) is 0 Å². The van der Waals surface area contributed by atoms with Crippen LogP contribution >= 0.6 is 0 Å². The molecule has 3 nitrogen and oxygen atoms in total. The van der Waals surface area contributed by atoms with Gasteiger partial charge in [-0.25, -0.2) is 9.97 Å². The van der Waals surface area contributed by atoms with Gasteiger partial charge in [0.05, 0.1) is 11.7 Å². The first-order chi connectivity index (χ1) is 9.22. The predicted molar refractivity (Wildman–Crippen MR) is 78.1 cm³/mol. The minimum absolute atomic E-state index is 0.134. The summed E-state index contributed by atoms with van der Waals surface area (Å²) in [5.74, 6) is 0.561. The number of benzene rings is 1. The fourth-order valence-corrected chi connectivity index (χ4v) is 2.14. The van der Waals surface area contributed by atoms with E-state index in [9.17, 15) is 0 Å². The lowest BCUT2D eigenvalue weighted by molar-refractivity contribution is 0.613. The summed E-state index contributed by atoms with van der Waals surface area (Å²) in [5, 5.41) is 3.47. The van der Waals surface area contributed by atoms with Crippen molar-refractivity contribution in [3.8, 4) is 0 Å². The highest BCUT2D eigenvalue weighted by Gasteiger charge is 2.14. The molecule has 1 atom stereocenters. The fraction of sp³-hybridized carbons (Fsp3) is 0.375. The zero-order valence-corrected chi connectivity index (χ0v) is 11.8. The number of nitrogens with one attached hydrogen (secondary N) is 1. The van der Waals surface area contributed by atoms with Crippen LogP contribution in [-0.4, -0.2) is 16.5 Å². The van der Waals surface area contributed by atoms with Gasteiger partial charge in [-0.1, -0.05) is 45.0 Å². The molecule has 0 aliphatic heterocycles. The second kappa shape index (κ2) is 6.43. The number of nitrogens with zero attached hydrogens (tertiary/aromatic N) is 2. The highest BCUT2D eigenvalue weighted by Crippen LogP contribution is 2.22. The molecule has 0 aliphatic rings. The molecule has 0 spiro atoms. The van der Waals surface area contributed by atoms with E-state index in [4.69, 9.17) is 0 Å². The third kappa shape index (κ3) is 3.38. The summed E-state index contributed by atoms with van der Waals surface area (Å²) in [4.78, 5) is 8.34. The zero-order chi connectivity index (χ0) is 13.7. The highest BCUT2D eigenvalue weighted by atomic mass is 14.9. The van der Waals surface area contributed by atoms with Crippen molar-refractivity contribution in [1.82, 2.24) is 15.3 Å². The normalized spacial score (nSPS) is 12.6. The molecule has 0 saturated heterocycles. The fourth-order valence-electron chi connectivity index (χ4n) is 2.14. The van der Waals surface area contributed by atoms with E-state index < -0.39 is 0 Å². The number of hydrogen-bond acceptors (Lipinski definition) is 3. The molecule has 0 radical (unpaired) electrons. The third-order valence-electron chi connectivity index (χ3n) is 3.25. The predicted octanol–water partition coefficient (Wildman–Crippen LogP) is 3.30. The zero-order valence-electron chi connectivity index (χ0n) is 11.8. The number of hydrogen-bond donors (Lipinski definition) is 1. The van der Waals surface area contributed by atoms with Gasteiger partial charge < -0.3 is 5.32 Å². The molecule has 1 heterocycles. The van der Waals surface area contributed by atoms with Crippen LogP contribution in [0, 0.1) is 0 Å². The van der Waals surface area contributed by atoms with Crippen LogP contribution in [-0.2, 0) is 0 Å². The Morgan fingerprint density at radius 2 is 1.74 bits per heavy atom. The van der Waals surface area contributed by atoms with Crippen LogP contribution in [0.5, 0.6) is 0 Å². The average molecular weight is 255 g/mol. The Labute approximate surface area is 115 Å². The lowest BCUT2D eigenvalue weighted by atomic mass is 9.97. The molecular formula is C16H21N3. The van der Waals surface area contributed by atoms with Crippen molar-refractivity contribution in [3.05, 3.63) is 59.7 Å². The standard InChI is InChI=1S/C16H21N3/c1-4-18-16(15-9-10-17-11-19-15)14-7-5-13(6-8-14)12(2)3/h5-12,16,18H,4H2,1-3H3. The van der Waals surface area contributed by atoms with Crippen molar-refractivity contribution >= 4 is 0 Å². The van der Waals surface area contributed by atoms with Gasteiger partial charge in [-0.3, -0.25) is 0 Å². The van der Waals surface area contributed by atoms with Gasteiger partial charge in [0.2, 0.25) is 0 Å². The molecule has 19 heavy (non-hydrogen) atoms. The van der Waals surface area contributed by atoms with Crippen molar-refractivity contribution in [1.29, 1.82) is 0 Å². The van der Waals surface area contributed by atoms with Crippen LogP contribution in [0.25, 0.3) is 0 Å². The summed E-state index contributed by atoms with van der Waals surface area (Å²) in [7, 11) is 0. The average Bonchev–Trinajstić information content (AvgIpc) is 2.46. The van der Waals surface area contributed by atoms with Crippen molar-refractivity contribution in [2.24, 2.45) is 0 Å². The van der Waals surface area contributed by atoms with Crippen molar-refractivity contribution in [3.63, 3.8) is 0 Å². The topological polar surface area (TPSA) is 37.8 Å². The van der Waals surface area contributed by atoms with E-state index in [1.54, 1.807) is 12.5 Å². The molecule has 1 unspecified atom stereocenters. The largest absolute Gasteiger partial charge is 0.305 e. The molecule has 0 amide bonds. The molecule has 0 bridgehead atoms. The van der Waals surface area contributed by atoms with Gasteiger partial charge in [0.1, 0.15) is 6.33 Å². The van der Waals surface area contributed by atoms with Gasteiger partial charge >= 0.3 is 0 Å². The van der Waals surface area contributed by atoms with Crippen LogP contribution < -0.4 is 5.32 Å². The van der Waals surface area contributed by atoms with Crippen molar-refractivity contribution in [2.45, 2.75) is 32.7 Å². The summed E-state index contributed by atoms with van der Waals surface area (Å²) >= 11 is 0. The summed E-state index contributed by atoms with van der Waals surface area (Å²) in [6.07, 6.45) is 3.39. The summed E-state index contributed by atoms with van der Waals surface area (Å²) in [5.41, 5.74) is 3.61. The molecule has 1 N–H and O–H groups in total. The Morgan fingerprint density at radius 1 is 1.05 bits per heavy atom. The van der Waals surface area contributed by atoms with Crippen LogP contribution in [0.1, 0.15) is 49.6 Å². The number of rotatable bonds is 5. The Hall–Kier alpha value is -1.74. The highest BCUT2D eigenvalue weighted by molar-refractivity contribution is 5.31. The first-order valence-corrected chi connectivity index (χ1v) is 6.81. The molecule has 0 saturated carbocycles. The van der Waals surface area contributed by atoms with E-state index in [1.807, 2.05) is 6.07 Å². The van der Waals surface area contributed by atoms with E-state index >= 15 is 0 Å². The molecule has 0 aliphatic carbocycles. The smallest absolute Gasteiger partial charge is 0.115 e. The molecule has 100 valence electrons.